The highest BCUT2D eigenvalue weighted by Crippen LogP contribution is 2.62. The Morgan fingerprint density at radius 3 is 1.16 bits per heavy atom. The number of carbonyl (C=O) groups is 11. The minimum Gasteiger partial charge on any atom is -0.504 e. The molecule has 6 heterocycles. The van der Waals surface area contributed by atoms with Crippen LogP contribution in [0.1, 0.15) is 105 Å². The maximum Gasteiger partial charge on any atom is 0.344 e. The van der Waals surface area contributed by atoms with E-state index in [4.69, 9.17) is 66.3 Å². The summed E-state index contributed by atoms with van der Waals surface area (Å²) in [5.74, 6) is -76.2. The van der Waals surface area contributed by atoms with Gasteiger partial charge in [0.15, 0.2) is 145 Å². The summed E-state index contributed by atoms with van der Waals surface area (Å²) >= 11 is 0. The van der Waals surface area contributed by atoms with E-state index >= 15 is 28.8 Å². The number of phenolic OH excluding ortho intramolecular Hbond substituents is 25. The molecule has 9 aromatic rings. The highest BCUT2D eigenvalue weighted by atomic mass is 16.8. The van der Waals surface area contributed by atoms with E-state index in [1.165, 1.54) is 0 Å². The maximum absolute atomic E-state index is 15.5. The zero-order valence-electron chi connectivity index (χ0n) is 66.0. The third-order valence-corrected chi connectivity index (χ3v) is 21.9. The number of fused-ring (bicyclic) bond motifs is 7. The highest BCUT2D eigenvalue weighted by Gasteiger charge is 2.71. The Kier molecular flexibility index (Phi) is 21.3. The molecule has 28 N–H and O–H groups in total. The van der Waals surface area contributed by atoms with Gasteiger partial charge in [-0.2, -0.15) is 0 Å². The van der Waals surface area contributed by atoms with Crippen LogP contribution in [-0.2, 0) is 66.4 Å². The third-order valence-electron chi connectivity index (χ3n) is 21.9. The molecule has 4 bridgehead atoms. The van der Waals surface area contributed by atoms with Crippen molar-refractivity contribution in [2.24, 2.45) is 0 Å². The molecule has 6 aliphatic heterocycles. The molecule has 702 valence electrons. The van der Waals surface area contributed by atoms with Gasteiger partial charge in [-0.25, -0.2) is 47.9 Å². The van der Waals surface area contributed by atoms with Gasteiger partial charge in [0.2, 0.25) is 70.8 Å². The van der Waals surface area contributed by atoms with Gasteiger partial charge in [0, 0.05) is 39.9 Å². The van der Waals surface area contributed by atoms with E-state index in [0.29, 0.717) is 48.5 Å². The molecule has 0 radical (unpaired) electrons. The van der Waals surface area contributed by atoms with Crippen LogP contribution in [0.15, 0.2) is 84.4 Å². The molecule has 135 heavy (non-hydrogen) atoms. The molecular weight excluding hydrogens is 1830 g/mol. The van der Waals surface area contributed by atoms with Gasteiger partial charge in [0.05, 0.1) is 56.0 Å². The number of carbonyl (C=O) groups excluding carboxylic acids is 11. The van der Waals surface area contributed by atoms with Crippen LogP contribution in [0.25, 0.3) is 22.3 Å². The van der Waals surface area contributed by atoms with Crippen molar-refractivity contribution in [3.05, 3.63) is 140 Å². The Morgan fingerprint density at radius 2 is 0.681 bits per heavy atom. The van der Waals surface area contributed by atoms with Crippen molar-refractivity contribution in [2.45, 2.75) is 78.9 Å². The lowest BCUT2D eigenvalue weighted by Gasteiger charge is -2.44. The summed E-state index contributed by atoms with van der Waals surface area (Å²) in [6, 6.07) is 3.51. The number of ketones is 1. The summed E-state index contributed by atoms with van der Waals surface area (Å²) in [7, 11) is 0. The molecule has 0 aromatic heterocycles. The maximum atomic E-state index is 15.5. The number of rotatable bonds is 10. The van der Waals surface area contributed by atoms with E-state index in [1.807, 2.05) is 0 Å². The quantitative estimate of drug-likeness (QED) is 0.0392. The summed E-state index contributed by atoms with van der Waals surface area (Å²) in [5, 5.41) is 310. The van der Waals surface area contributed by atoms with Crippen molar-refractivity contribution in [1.29, 1.82) is 0 Å². The van der Waals surface area contributed by atoms with Crippen LogP contribution in [0, 0.1) is 0 Å². The fourth-order valence-electron chi connectivity index (χ4n) is 15.4. The summed E-state index contributed by atoms with van der Waals surface area (Å²) < 4.78 is 80.1. The van der Waals surface area contributed by atoms with E-state index in [2.05, 4.69) is 0 Å². The standard InChI is InChI=1S/C82H56O53/c83-26-1-16(2-27(84)47(26)95)69(109)129-65-62-38(14-122-72(112)19-7-32(89)50(98)56(104)41(19)42-20(74(114)127-62)8-33(90)51(99)57(42)105)126-80(67(65)131-70(110)17-3-28(85)48(96)29(86)4-17)134-78(118)25-11-35(92)53(101)60(108)61(25)124-37-12-23-44(59(107)55(37)103)43-21(9-34(91)52(100)58(43)106)75(115)130-66-63-39(15-123-73(23)113)125-79(133-71(111)18-5-30(87)49(97)31(88)6-18)68(66)132-76(116)22-10-36(93)54(102)64-45(22)46-24(77(117)128-63)13-40(94)81(119,120)82(46,121)135-64/h1-13,38-39,46,62-63,65-68,79-80,83-93,95-108,119-121H,14-15H2. The number of benzene rings is 9. The average Bonchev–Trinajstić information content (AvgIpc) is 1.53. The number of ether oxygens (including phenoxy) is 14. The topological polar surface area (TPSA) is 883 Å². The first-order valence-electron chi connectivity index (χ1n) is 37.6. The Morgan fingerprint density at radius 1 is 0.326 bits per heavy atom. The van der Waals surface area contributed by atoms with E-state index in [-0.39, 0.29) is 30.3 Å². The average molecular weight is 1890 g/mol. The van der Waals surface area contributed by atoms with E-state index in [1.54, 1.807) is 0 Å². The molecular formula is C82H56O53. The molecule has 53 nitrogen and oxygen atoms in total. The number of aromatic hydroxyl groups is 25. The van der Waals surface area contributed by atoms with Crippen molar-refractivity contribution in [3.8, 4) is 183 Å². The van der Waals surface area contributed by atoms with E-state index in [0.717, 1.165) is 0 Å². The zero-order chi connectivity index (χ0) is 98.0. The van der Waals surface area contributed by atoms with Gasteiger partial charge >= 0.3 is 59.7 Å². The second kappa shape index (κ2) is 32.0. The normalized spacial score (nSPS) is 22.5. The molecule has 2 saturated heterocycles. The van der Waals surface area contributed by atoms with Crippen LogP contribution in [0.3, 0.4) is 0 Å². The first-order valence-corrected chi connectivity index (χ1v) is 37.6. The third kappa shape index (κ3) is 14.4. The smallest absolute Gasteiger partial charge is 0.344 e. The second-order valence-corrected chi connectivity index (χ2v) is 29.9. The van der Waals surface area contributed by atoms with Crippen LogP contribution >= 0.6 is 0 Å². The van der Waals surface area contributed by atoms with Gasteiger partial charge in [0.25, 0.3) is 11.6 Å². The molecule has 0 saturated carbocycles. The summed E-state index contributed by atoms with van der Waals surface area (Å²) in [5.41, 5.74) is -19.6. The number of hydrogen-bond acceptors (Lipinski definition) is 53. The van der Waals surface area contributed by atoms with Gasteiger partial charge < -0.3 is 209 Å². The minimum absolute atomic E-state index is 0.0651. The molecule has 7 aliphatic rings. The first kappa shape index (κ1) is 89.9. The SMILES string of the molecule is O=C1OC2C3COC(=O)c4cc(Oc5c(C(=O)OC6OC7COC(=O)c8cc(O)c(O)c(O)c8-c8c(cc(O)c(O)c8O)C(=O)OC7C(OC(=O)c7cc(O)c(O)c(O)c7)C6OC(=O)c6cc(O)c(O)c(O)c6)cc(O)c(O)c5O)c(O)c(O)c4-c4c(cc(O)c(O)c4O)C(=O)OC2C(OC(=O)c2cc(O)c(O)c4c2C2C1=CC(=O)C(O)(O)C2(O)O4)C(OC(=O)c1cc(O)c(O)c(O)c1)O3. The van der Waals surface area contributed by atoms with Gasteiger partial charge in [0.1, 0.15) is 31.0 Å². The molecule has 2 fully saturated rings. The molecule has 9 aromatic carbocycles. The summed E-state index contributed by atoms with van der Waals surface area (Å²) in [6.45, 7) is -3.32. The Hall–Kier alpha value is -18.5. The van der Waals surface area contributed by atoms with E-state index in [9.17, 15) is 167 Å². The Labute approximate surface area is 740 Å². The van der Waals surface area contributed by atoms with Gasteiger partial charge in [-0.3, -0.25) is 4.79 Å². The van der Waals surface area contributed by atoms with Crippen LogP contribution in [0.5, 0.6) is 161 Å². The first-order chi connectivity index (χ1) is 63.4. The molecule has 0 amide bonds. The zero-order valence-corrected chi connectivity index (χ0v) is 66.0. The lowest BCUT2D eigenvalue weighted by molar-refractivity contribution is -0.323. The number of aliphatic hydroxyl groups is 3. The predicted octanol–water partition coefficient (Wildman–Crippen LogP) is 0.965. The van der Waals surface area contributed by atoms with E-state index < -0.39 is 402 Å². The van der Waals surface area contributed by atoms with Gasteiger partial charge in [-0.1, -0.05) is 0 Å². The largest absolute Gasteiger partial charge is 0.504 e. The van der Waals surface area contributed by atoms with Crippen molar-refractivity contribution in [2.75, 3.05) is 13.2 Å². The lowest BCUT2D eigenvalue weighted by atomic mass is 9.74. The summed E-state index contributed by atoms with van der Waals surface area (Å²) in [6.07, 6.45) is -28.6. The van der Waals surface area contributed by atoms with Crippen molar-refractivity contribution in [3.63, 3.8) is 0 Å². The van der Waals surface area contributed by atoms with Crippen LogP contribution in [-0.4, -0.2) is 295 Å². The van der Waals surface area contributed by atoms with Crippen molar-refractivity contribution >= 4 is 65.5 Å². The monoisotopic (exact) mass is 1890 g/mol. The van der Waals surface area contributed by atoms with Crippen molar-refractivity contribution in [1.82, 2.24) is 0 Å². The fraction of sp³-hybridized carbons (Fsp3) is 0.183. The van der Waals surface area contributed by atoms with Crippen LogP contribution in [0.2, 0.25) is 0 Å². The van der Waals surface area contributed by atoms with Crippen molar-refractivity contribution < 1.29 is 262 Å². The highest BCUT2D eigenvalue weighted by molar-refractivity contribution is 6.12. The molecule has 12 atom stereocenters. The number of phenols is 25. The molecule has 1 aliphatic carbocycles. The number of esters is 10. The fourth-order valence-corrected chi connectivity index (χ4v) is 15.4. The molecule has 0 spiro atoms. The van der Waals surface area contributed by atoms with Gasteiger partial charge in [-0.05, 0) is 66.7 Å². The minimum atomic E-state index is -4.23. The lowest BCUT2D eigenvalue weighted by Crippen LogP contribution is -2.66. The Balaban J connectivity index is 0.832. The second-order valence-electron chi connectivity index (χ2n) is 29.9. The number of hydrogen-bond donors (Lipinski definition) is 28. The van der Waals surface area contributed by atoms with Crippen LogP contribution < -0.4 is 9.47 Å². The summed E-state index contributed by atoms with van der Waals surface area (Å²) in [4.78, 5) is 164. The Bertz CT molecular complexity index is 6790. The van der Waals surface area contributed by atoms with Crippen LogP contribution in [0.4, 0.5) is 0 Å². The van der Waals surface area contributed by atoms with Gasteiger partial charge in [-0.15, -0.1) is 0 Å². The molecule has 16 rings (SSSR count). The number of cyclic esters (lactones) is 2. The molecule has 53 heteroatoms. The predicted molar refractivity (Wildman–Crippen MR) is 411 cm³/mol. The molecule has 12 unspecified atom stereocenters.